The van der Waals surface area contributed by atoms with Crippen LogP contribution < -0.4 is 4.90 Å². The quantitative estimate of drug-likeness (QED) is 0.551. The molecule has 2 aromatic carbocycles. The van der Waals surface area contributed by atoms with Crippen LogP contribution in [0, 0.1) is 0 Å². The number of hydrogen-bond acceptors (Lipinski definition) is 4. The van der Waals surface area contributed by atoms with Crippen LogP contribution in [0.2, 0.25) is 0 Å². The van der Waals surface area contributed by atoms with Gasteiger partial charge in [0.2, 0.25) is 0 Å². The fourth-order valence-corrected chi connectivity index (χ4v) is 3.62. The van der Waals surface area contributed by atoms with E-state index in [0.717, 1.165) is 10.2 Å². The van der Waals surface area contributed by atoms with E-state index in [9.17, 15) is 4.79 Å². The Morgan fingerprint density at radius 2 is 1.84 bits per heavy atom. The molecule has 0 bridgehead atoms. The fraction of sp³-hybridized carbons (Fsp3) is 0.105. The number of fused-ring (bicyclic) bond motifs is 1. The lowest BCUT2D eigenvalue weighted by atomic mass is 10.2. The van der Waals surface area contributed by atoms with E-state index in [1.165, 1.54) is 11.3 Å². The van der Waals surface area contributed by atoms with Crippen molar-refractivity contribution in [2.75, 3.05) is 11.4 Å². The molecule has 0 aliphatic carbocycles. The van der Waals surface area contributed by atoms with Crippen LogP contribution >= 0.6 is 11.3 Å². The first-order chi connectivity index (χ1) is 12.3. The summed E-state index contributed by atoms with van der Waals surface area (Å²) in [6.45, 7) is 1.12. The predicted molar refractivity (Wildman–Crippen MR) is 100.0 cm³/mol. The molecule has 2 aromatic heterocycles. The maximum Gasteiger partial charge on any atom is 0.260 e. The second-order valence-corrected chi connectivity index (χ2v) is 6.57. The predicted octanol–water partition coefficient (Wildman–Crippen LogP) is 3.84. The number of nitrogens with zero attached hydrogens (tertiary/aromatic N) is 4. The molecule has 0 fully saturated rings. The third kappa shape index (κ3) is 3.29. The Morgan fingerprint density at radius 3 is 2.60 bits per heavy atom. The van der Waals surface area contributed by atoms with E-state index in [0.29, 0.717) is 23.8 Å². The van der Waals surface area contributed by atoms with Crippen molar-refractivity contribution in [3.63, 3.8) is 0 Å². The molecule has 0 spiro atoms. The number of para-hydroxylation sites is 1. The van der Waals surface area contributed by atoms with Gasteiger partial charge in [-0.15, -0.1) is 0 Å². The van der Waals surface area contributed by atoms with Crippen molar-refractivity contribution in [1.82, 2.24) is 14.8 Å². The summed E-state index contributed by atoms with van der Waals surface area (Å²) in [4.78, 5) is 19.4. The van der Waals surface area contributed by atoms with Crippen LogP contribution in [-0.4, -0.2) is 27.2 Å². The molecule has 0 N–H and O–H groups in total. The normalized spacial score (nSPS) is 10.9. The Hall–Kier alpha value is -2.99. The minimum absolute atomic E-state index is 0.0492. The smallest absolute Gasteiger partial charge is 0.260 e. The summed E-state index contributed by atoms with van der Waals surface area (Å²) in [6, 6.07) is 19.1. The van der Waals surface area contributed by atoms with Crippen LogP contribution in [0.1, 0.15) is 10.4 Å². The maximum absolute atomic E-state index is 13.0. The summed E-state index contributed by atoms with van der Waals surface area (Å²) < 4.78 is 2.89. The molecule has 1 amide bonds. The van der Waals surface area contributed by atoms with Gasteiger partial charge in [-0.2, -0.15) is 5.10 Å². The second-order valence-electron chi connectivity index (χ2n) is 5.56. The number of carbonyl (C=O) groups excluding carboxylic acids is 1. The molecular weight excluding hydrogens is 332 g/mol. The van der Waals surface area contributed by atoms with Crippen molar-refractivity contribution in [3.8, 4) is 0 Å². The SMILES string of the molecule is O=C(c1ccccc1)N(CCn1cccn1)c1nc2ccccc2s1. The lowest BCUT2D eigenvalue weighted by Gasteiger charge is -2.20. The molecule has 2 heterocycles. The van der Waals surface area contributed by atoms with Gasteiger partial charge in [0.1, 0.15) is 0 Å². The van der Waals surface area contributed by atoms with Crippen molar-refractivity contribution in [2.45, 2.75) is 6.54 Å². The molecule has 0 aliphatic heterocycles. The van der Waals surface area contributed by atoms with Gasteiger partial charge in [0, 0.05) is 24.5 Å². The van der Waals surface area contributed by atoms with E-state index >= 15 is 0 Å². The van der Waals surface area contributed by atoms with Crippen LogP contribution in [0.4, 0.5) is 5.13 Å². The molecule has 0 unspecified atom stereocenters. The van der Waals surface area contributed by atoms with E-state index in [2.05, 4.69) is 10.1 Å². The van der Waals surface area contributed by atoms with Crippen molar-refractivity contribution in [2.24, 2.45) is 0 Å². The van der Waals surface area contributed by atoms with Gasteiger partial charge < -0.3 is 0 Å². The Kier molecular flexibility index (Phi) is 4.26. The summed E-state index contributed by atoms with van der Waals surface area (Å²) in [5.74, 6) is -0.0492. The van der Waals surface area contributed by atoms with E-state index in [-0.39, 0.29) is 5.91 Å². The topological polar surface area (TPSA) is 51.0 Å². The van der Waals surface area contributed by atoms with Gasteiger partial charge in [-0.05, 0) is 30.3 Å². The first-order valence-corrected chi connectivity index (χ1v) is 8.83. The van der Waals surface area contributed by atoms with Crippen molar-refractivity contribution >= 4 is 32.6 Å². The summed E-state index contributed by atoms with van der Waals surface area (Å²) in [6.07, 6.45) is 3.63. The number of benzene rings is 2. The molecule has 4 rings (SSSR count). The van der Waals surface area contributed by atoms with Crippen LogP contribution in [0.5, 0.6) is 0 Å². The molecule has 25 heavy (non-hydrogen) atoms. The third-order valence-corrected chi connectivity index (χ3v) is 4.95. The van der Waals surface area contributed by atoms with E-state index in [1.54, 1.807) is 11.1 Å². The number of thiazole rings is 1. The highest BCUT2D eigenvalue weighted by atomic mass is 32.1. The van der Waals surface area contributed by atoms with Crippen LogP contribution in [0.15, 0.2) is 73.1 Å². The zero-order valence-corrected chi connectivity index (χ0v) is 14.3. The average Bonchev–Trinajstić information content (AvgIpc) is 3.32. The molecular formula is C19H16N4OS. The highest BCUT2D eigenvalue weighted by Crippen LogP contribution is 2.29. The summed E-state index contributed by atoms with van der Waals surface area (Å²) in [5, 5.41) is 4.93. The number of aromatic nitrogens is 3. The molecule has 4 aromatic rings. The average molecular weight is 348 g/mol. The number of anilines is 1. The minimum atomic E-state index is -0.0492. The van der Waals surface area contributed by atoms with Gasteiger partial charge >= 0.3 is 0 Å². The molecule has 0 atom stereocenters. The second kappa shape index (κ2) is 6.86. The molecule has 6 heteroatoms. The molecule has 0 aliphatic rings. The monoisotopic (exact) mass is 348 g/mol. The summed E-state index contributed by atoms with van der Waals surface area (Å²) in [5.41, 5.74) is 1.56. The van der Waals surface area contributed by atoms with Gasteiger partial charge in [-0.1, -0.05) is 41.7 Å². The van der Waals surface area contributed by atoms with E-state index < -0.39 is 0 Å². The maximum atomic E-state index is 13.0. The minimum Gasteiger partial charge on any atom is -0.282 e. The van der Waals surface area contributed by atoms with E-state index in [1.807, 2.05) is 71.5 Å². The number of hydrogen-bond donors (Lipinski definition) is 0. The zero-order valence-electron chi connectivity index (χ0n) is 13.4. The largest absolute Gasteiger partial charge is 0.282 e. The van der Waals surface area contributed by atoms with Crippen LogP contribution in [0.3, 0.4) is 0 Å². The molecule has 124 valence electrons. The van der Waals surface area contributed by atoms with Gasteiger partial charge in [0.25, 0.3) is 5.91 Å². The molecule has 0 radical (unpaired) electrons. The lowest BCUT2D eigenvalue weighted by molar-refractivity contribution is 0.0986. The Morgan fingerprint density at radius 1 is 1.04 bits per heavy atom. The standard InChI is InChI=1S/C19H16N4OS/c24-18(15-7-2-1-3-8-15)23(14-13-22-12-6-11-20-22)19-21-16-9-4-5-10-17(16)25-19/h1-12H,13-14H2. The summed E-state index contributed by atoms with van der Waals surface area (Å²) in [7, 11) is 0. The van der Waals surface area contributed by atoms with Gasteiger partial charge in [0.15, 0.2) is 5.13 Å². The highest BCUT2D eigenvalue weighted by Gasteiger charge is 2.21. The van der Waals surface area contributed by atoms with Gasteiger partial charge in [-0.25, -0.2) is 4.98 Å². The van der Waals surface area contributed by atoms with Crippen LogP contribution in [-0.2, 0) is 6.54 Å². The lowest BCUT2D eigenvalue weighted by Crippen LogP contribution is -2.34. The zero-order chi connectivity index (χ0) is 17.1. The van der Waals surface area contributed by atoms with E-state index in [4.69, 9.17) is 0 Å². The first-order valence-electron chi connectivity index (χ1n) is 8.01. The summed E-state index contributed by atoms with van der Waals surface area (Å²) >= 11 is 1.53. The Balaban J connectivity index is 1.68. The van der Waals surface area contributed by atoms with Gasteiger partial charge in [0.05, 0.1) is 16.8 Å². The Labute approximate surface area is 149 Å². The Bertz CT molecular complexity index is 946. The van der Waals surface area contributed by atoms with Crippen molar-refractivity contribution in [3.05, 3.63) is 78.6 Å². The van der Waals surface area contributed by atoms with Gasteiger partial charge in [-0.3, -0.25) is 14.4 Å². The first kappa shape index (κ1) is 15.5. The van der Waals surface area contributed by atoms with Crippen molar-refractivity contribution in [1.29, 1.82) is 0 Å². The third-order valence-electron chi connectivity index (χ3n) is 3.89. The number of rotatable bonds is 5. The number of amides is 1. The van der Waals surface area contributed by atoms with Crippen LogP contribution in [0.25, 0.3) is 10.2 Å². The molecule has 5 nitrogen and oxygen atoms in total. The highest BCUT2D eigenvalue weighted by molar-refractivity contribution is 7.22. The number of carbonyl (C=O) groups is 1. The molecule has 0 saturated carbocycles. The molecule has 0 saturated heterocycles. The van der Waals surface area contributed by atoms with Crippen molar-refractivity contribution < 1.29 is 4.79 Å². The fourth-order valence-electron chi connectivity index (χ4n) is 2.63.